The second-order valence-corrected chi connectivity index (χ2v) is 10.1. The number of carbonyl (C=O) groups excluding carboxylic acids is 3. The van der Waals surface area contributed by atoms with E-state index in [0.29, 0.717) is 37.6 Å². The lowest BCUT2D eigenvalue weighted by atomic mass is 9.74. The third-order valence-electron chi connectivity index (χ3n) is 7.10. The Balaban J connectivity index is 1.74. The third-order valence-corrected chi connectivity index (χ3v) is 7.10. The second-order valence-electron chi connectivity index (χ2n) is 10.1. The lowest BCUT2D eigenvalue weighted by Gasteiger charge is -2.43. The number of amides is 3. The van der Waals surface area contributed by atoms with Gasteiger partial charge in [0.25, 0.3) is 5.91 Å². The maximum Gasteiger partial charge on any atom is 0.255 e. The molecule has 1 spiro atoms. The molecule has 0 aromatic heterocycles. The van der Waals surface area contributed by atoms with Gasteiger partial charge in [0.1, 0.15) is 11.8 Å². The van der Waals surface area contributed by atoms with Crippen LogP contribution in [0.5, 0.6) is 5.75 Å². The molecule has 0 unspecified atom stereocenters. The lowest BCUT2D eigenvalue weighted by molar-refractivity contribution is -0.139. The van der Waals surface area contributed by atoms with Crippen LogP contribution < -0.4 is 15.4 Å². The van der Waals surface area contributed by atoms with Crippen LogP contribution in [-0.2, 0) is 9.59 Å². The SMILES string of the molecule is CC(=O)N[C@H](C(=O)N1CCC2(CC/C=C(\C)CCOc3ccccc3C(=O)NC2)CC1)C(C)C. The zero-order valence-electron chi connectivity index (χ0n) is 21.0. The van der Waals surface area contributed by atoms with Crippen LogP contribution in [0.4, 0.5) is 0 Å². The molecule has 186 valence electrons. The summed E-state index contributed by atoms with van der Waals surface area (Å²) in [5, 5.41) is 5.97. The van der Waals surface area contributed by atoms with Crippen LogP contribution >= 0.6 is 0 Å². The van der Waals surface area contributed by atoms with Crippen molar-refractivity contribution in [2.75, 3.05) is 26.2 Å². The quantitative estimate of drug-likeness (QED) is 0.661. The number of hydrogen-bond donors (Lipinski definition) is 2. The molecule has 0 radical (unpaired) electrons. The predicted octanol–water partition coefficient (Wildman–Crippen LogP) is 3.69. The molecule has 3 rings (SSSR count). The summed E-state index contributed by atoms with van der Waals surface area (Å²) in [4.78, 5) is 39.6. The van der Waals surface area contributed by atoms with E-state index >= 15 is 0 Å². The van der Waals surface area contributed by atoms with Crippen molar-refractivity contribution in [2.24, 2.45) is 11.3 Å². The molecule has 0 aliphatic carbocycles. The highest BCUT2D eigenvalue weighted by Gasteiger charge is 2.38. The standard InChI is InChI=1S/C27H39N3O4/c1-19(2)24(29-21(4)31)26(33)30-15-13-27(14-16-30)12-7-8-20(3)11-17-34-23-10-6-5-9-22(23)25(32)28-18-27/h5-6,8-10,19,24H,7,11-18H2,1-4H3,(H,28,32)(H,29,31)/b20-8+/t24-/m0/s1. The summed E-state index contributed by atoms with van der Waals surface area (Å²) in [6, 6.07) is 6.87. The van der Waals surface area contributed by atoms with Crippen molar-refractivity contribution in [3.8, 4) is 5.75 Å². The van der Waals surface area contributed by atoms with Crippen LogP contribution in [0.15, 0.2) is 35.9 Å². The number of hydrogen-bond acceptors (Lipinski definition) is 4. The molecule has 7 heteroatoms. The number of likely N-dealkylation sites (tertiary alicyclic amines) is 1. The summed E-state index contributed by atoms with van der Waals surface area (Å²) >= 11 is 0. The molecule has 34 heavy (non-hydrogen) atoms. The van der Waals surface area contributed by atoms with Crippen LogP contribution in [0.3, 0.4) is 0 Å². The van der Waals surface area contributed by atoms with E-state index in [1.807, 2.05) is 36.9 Å². The van der Waals surface area contributed by atoms with Crippen LogP contribution in [0.1, 0.15) is 70.2 Å². The van der Waals surface area contributed by atoms with Gasteiger partial charge in [-0.05, 0) is 56.1 Å². The molecule has 2 aliphatic rings. The number of para-hydroxylation sites is 1. The number of rotatable bonds is 3. The van der Waals surface area contributed by atoms with Crippen LogP contribution in [0, 0.1) is 11.3 Å². The Kier molecular flexibility index (Phi) is 8.75. The van der Waals surface area contributed by atoms with Gasteiger partial charge in [0.05, 0.1) is 12.2 Å². The first-order chi connectivity index (χ1) is 16.2. The zero-order chi connectivity index (χ0) is 24.7. The van der Waals surface area contributed by atoms with Crippen molar-refractivity contribution in [3.05, 3.63) is 41.5 Å². The number of piperidine rings is 1. The van der Waals surface area contributed by atoms with Crippen LogP contribution in [0.25, 0.3) is 0 Å². The molecule has 1 aromatic carbocycles. The molecule has 0 saturated carbocycles. The second kappa shape index (κ2) is 11.5. The first kappa shape index (κ1) is 25.8. The fraction of sp³-hybridized carbons (Fsp3) is 0.593. The van der Waals surface area contributed by atoms with E-state index in [0.717, 1.165) is 32.1 Å². The smallest absolute Gasteiger partial charge is 0.255 e. The van der Waals surface area contributed by atoms with Crippen LogP contribution in [-0.4, -0.2) is 54.9 Å². The Morgan fingerprint density at radius 2 is 1.85 bits per heavy atom. The third kappa shape index (κ3) is 6.61. The number of carbonyl (C=O) groups is 3. The Morgan fingerprint density at radius 3 is 2.53 bits per heavy atom. The Hall–Kier alpha value is -2.83. The largest absolute Gasteiger partial charge is 0.492 e. The van der Waals surface area contributed by atoms with Crippen molar-refractivity contribution in [3.63, 3.8) is 0 Å². The molecule has 7 nitrogen and oxygen atoms in total. The molecule has 0 bridgehead atoms. The molecule has 3 amide bonds. The maximum absolute atomic E-state index is 13.1. The first-order valence-corrected chi connectivity index (χ1v) is 12.4. The topological polar surface area (TPSA) is 87.7 Å². The number of fused-ring (bicyclic) bond motifs is 1. The van der Waals surface area contributed by atoms with Crippen molar-refractivity contribution in [1.29, 1.82) is 0 Å². The molecular formula is C27H39N3O4. The number of nitrogens with zero attached hydrogens (tertiary/aromatic N) is 1. The molecule has 2 aliphatic heterocycles. The van der Waals surface area contributed by atoms with Crippen molar-refractivity contribution >= 4 is 17.7 Å². The van der Waals surface area contributed by atoms with Crippen molar-refractivity contribution < 1.29 is 19.1 Å². The van der Waals surface area contributed by atoms with Crippen molar-refractivity contribution in [1.82, 2.24) is 15.5 Å². The normalized spacial score (nSPS) is 21.5. The molecule has 2 heterocycles. The summed E-state index contributed by atoms with van der Waals surface area (Å²) < 4.78 is 5.91. The van der Waals surface area contributed by atoms with Crippen molar-refractivity contribution in [2.45, 2.75) is 65.8 Å². The highest BCUT2D eigenvalue weighted by molar-refractivity contribution is 5.97. The summed E-state index contributed by atoms with van der Waals surface area (Å²) in [6.45, 7) is 9.83. The highest BCUT2D eigenvalue weighted by atomic mass is 16.5. The molecule has 1 fully saturated rings. The lowest BCUT2D eigenvalue weighted by Crippen LogP contribution is -2.55. The van der Waals surface area contributed by atoms with Gasteiger partial charge in [0.2, 0.25) is 11.8 Å². The van der Waals surface area contributed by atoms with Gasteiger partial charge in [-0.25, -0.2) is 0 Å². The van der Waals surface area contributed by atoms with Gasteiger partial charge >= 0.3 is 0 Å². The van der Waals surface area contributed by atoms with Gasteiger partial charge in [-0.15, -0.1) is 0 Å². The summed E-state index contributed by atoms with van der Waals surface area (Å²) in [7, 11) is 0. The van der Waals surface area contributed by atoms with E-state index in [4.69, 9.17) is 4.74 Å². The van der Waals surface area contributed by atoms with E-state index in [1.54, 1.807) is 6.07 Å². The predicted molar refractivity (Wildman–Crippen MR) is 133 cm³/mol. The van der Waals surface area contributed by atoms with Gasteiger partial charge in [-0.2, -0.15) is 0 Å². The first-order valence-electron chi connectivity index (χ1n) is 12.4. The van der Waals surface area contributed by atoms with E-state index in [1.165, 1.54) is 12.5 Å². The Bertz CT molecular complexity index is 916. The van der Waals surface area contributed by atoms with Gasteiger partial charge in [-0.3, -0.25) is 14.4 Å². The highest BCUT2D eigenvalue weighted by Crippen LogP contribution is 2.37. The summed E-state index contributed by atoms with van der Waals surface area (Å²) in [5.74, 6) is 0.301. The fourth-order valence-electron chi connectivity index (χ4n) is 4.84. The van der Waals surface area contributed by atoms with E-state index in [-0.39, 0.29) is 29.1 Å². The minimum atomic E-state index is -0.506. The average Bonchev–Trinajstić information content (AvgIpc) is 2.81. The number of nitrogens with one attached hydrogen (secondary N) is 2. The fourth-order valence-corrected chi connectivity index (χ4v) is 4.84. The van der Waals surface area contributed by atoms with E-state index in [2.05, 4.69) is 23.6 Å². The monoisotopic (exact) mass is 469 g/mol. The Morgan fingerprint density at radius 1 is 1.15 bits per heavy atom. The summed E-state index contributed by atoms with van der Waals surface area (Å²) in [6.07, 6.45) is 6.62. The van der Waals surface area contributed by atoms with E-state index in [9.17, 15) is 14.4 Å². The number of benzene rings is 1. The molecule has 1 saturated heterocycles. The van der Waals surface area contributed by atoms with Gasteiger partial charge in [-0.1, -0.05) is 37.6 Å². The molecule has 1 atom stereocenters. The maximum atomic E-state index is 13.1. The zero-order valence-corrected chi connectivity index (χ0v) is 21.0. The van der Waals surface area contributed by atoms with E-state index < -0.39 is 6.04 Å². The van der Waals surface area contributed by atoms with Gasteiger partial charge < -0.3 is 20.3 Å². The van der Waals surface area contributed by atoms with Gasteiger partial charge in [0.15, 0.2) is 0 Å². The number of allylic oxidation sites excluding steroid dienone is 1. The van der Waals surface area contributed by atoms with Gasteiger partial charge in [0, 0.05) is 33.0 Å². The minimum Gasteiger partial charge on any atom is -0.492 e. The molecule has 2 N–H and O–H groups in total. The number of ether oxygens (including phenoxy) is 1. The minimum absolute atomic E-state index is 0.0180. The average molecular weight is 470 g/mol. The summed E-state index contributed by atoms with van der Waals surface area (Å²) in [5.41, 5.74) is 1.77. The Labute approximate surface area is 203 Å². The molecular weight excluding hydrogens is 430 g/mol. The van der Waals surface area contributed by atoms with Crippen LogP contribution in [0.2, 0.25) is 0 Å². The molecule has 1 aromatic rings.